The van der Waals surface area contributed by atoms with Gasteiger partial charge in [0.05, 0.1) is 40.4 Å². The maximum absolute atomic E-state index is 13.5. The van der Waals surface area contributed by atoms with Crippen molar-refractivity contribution < 1.29 is 22.7 Å². The number of carbonyl (C=O) groups is 1. The fourth-order valence-corrected chi connectivity index (χ4v) is 5.90. The smallest absolute Gasteiger partial charge is 0.327 e. The number of rotatable bonds is 8. The molecule has 9 nitrogen and oxygen atoms in total. The van der Waals surface area contributed by atoms with E-state index in [9.17, 15) is 13.2 Å². The van der Waals surface area contributed by atoms with Gasteiger partial charge in [-0.25, -0.2) is 8.42 Å². The number of hydrogen-bond donors (Lipinski definition) is 0. The first kappa shape index (κ1) is 25.7. The molecule has 1 aliphatic rings. The molecule has 3 aromatic rings. The molecule has 36 heavy (non-hydrogen) atoms. The number of nitrogens with zero attached hydrogens (tertiary/aromatic N) is 4. The van der Waals surface area contributed by atoms with E-state index >= 15 is 0 Å². The van der Waals surface area contributed by atoms with Crippen LogP contribution < -0.4 is 4.74 Å². The highest BCUT2D eigenvalue weighted by molar-refractivity contribution is 7.89. The van der Waals surface area contributed by atoms with Crippen LogP contribution in [0.15, 0.2) is 53.6 Å². The summed E-state index contributed by atoms with van der Waals surface area (Å²) in [6.07, 6.45) is 3.71. The molecule has 4 rings (SSSR count). The zero-order valence-corrected chi connectivity index (χ0v) is 21.4. The van der Waals surface area contributed by atoms with Gasteiger partial charge in [-0.15, -0.1) is 0 Å². The second-order valence-corrected chi connectivity index (χ2v) is 10.7. The SMILES string of the molecule is CCOC(=O)Cn1ncc2c1CCC[C@H]2N(C)S(=O)(=O)c1ccc(Oc2ccc(C#N)cc2)c(Cl)c1. The Balaban J connectivity index is 1.55. The molecule has 0 N–H and O–H groups in total. The van der Waals surface area contributed by atoms with Crippen molar-refractivity contribution in [3.8, 4) is 17.6 Å². The standard InChI is InChI=1S/C25H25ClN4O5S/c1-3-34-25(31)16-30-23-6-4-5-22(20(23)15-28-30)29(2)36(32,33)19-11-12-24(21(26)13-19)35-18-9-7-17(14-27)8-10-18/h7-13,15,22H,3-6,16H2,1-2H3/t22-/m1/s1. The summed E-state index contributed by atoms with van der Waals surface area (Å²) in [5, 5.41) is 13.4. The fraction of sp³-hybridized carbons (Fsp3) is 0.320. The van der Waals surface area contributed by atoms with Gasteiger partial charge in [0.15, 0.2) is 0 Å². The lowest BCUT2D eigenvalue weighted by atomic mass is 9.93. The van der Waals surface area contributed by atoms with Gasteiger partial charge in [-0.1, -0.05) is 11.6 Å². The summed E-state index contributed by atoms with van der Waals surface area (Å²) in [5.74, 6) is 0.380. The van der Waals surface area contributed by atoms with Crippen LogP contribution in [-0.2, 0) is 32.5 Å². The molecule has 1 heterocycles. The number of aromatic nitrogens is 2. The van der Waals surface area contributed by atoms with Crippen LogP contribution in [0.25, 0.3) is 0 Å². The molecule has 0 fully saturated rings. The maximum atomic E-state index is 13.5. The second-order valence-electron chi connectivity index (χ2n) is 8.27. The number of carbonyl (C=O) groups excluding carboxylic acids is 1. The Bertz CT molecular complexity index is 1410. The van der Waals surface area contributed by atoms with Crippen LogP contribution in [0, 0.1) is 11.3 Å². The molecular weight excluding hydrogens is 504 g/mol. The van der Waals surface area contributed by atoms with Crippen molar-refractivity contribution in [2.24, 2.45) is 0 Å². The molecule has 11 heteroatoms. The van der Waals surface area contributed by atoms with E-state index in [1.165, 1.54) is 29.6 Å². The van der Waals surface area contributed by atoms with Crippen molar-refractivity contribution >= 4 is 27.6 Å². The number of nitriles is 1. The third-order valence-electron chi connectivity index (χ3n) is 6.05. The number of esters is 1. The average Bonchev–Trinajstić information content (AvgIpc) is 3.28. The number of fused-ring (bicyclic) bond motifs is 1. The van der Waals surface area contributed by atoms with Crippen LogP contribution in [0.4, 0.5) is 0 Å². The number of ether oxygens (including phenoxy) is 2. The predicted molar refractivity (Wildman–Crippen MR) is 132 cm³/mol. The topological polar surface area (TPSA) is 115 Å². The van der Waals surface area contributed by atoms with Crippen molar-refractivity contribution in [3.05, 3.63) is 70.5 Å². The molecule has 0 unspecified atom stereocenters. The Labute approximate surface area is 214 Å². The molecule has 0 amide bonds. The predicted octanol–water partition coefficient (Wildman–Crippen LogP) is 4.46. The van der Waals surface area contributed by atoms with E-state index in [2.05, 4.69) is 5.10 Å². The Morgan fingerprint density at radius 1 is 1.28 bits per heavy atom. The van der Waals surface area contributed by atoms with Gasteiger partial charge in [0, 0.05) is 18.3 Å². The monoisotopic (exact) mass is 528 g/mol. The summed E-state index contributed by atoms with van der Waals surface area (Å²) in [5.41, 5.74) is 2.12. The van der Waals surface area contributed by atoms with Crippen molar-refractivity contribution in [1.29, 1.82) is 5.26 Å². The Kier molecular flexibility index (Phi) is 7.64. The number of sulfonamides is 1. The maximum Gasteiger partial charge on any atom is 0.327 e. The van der Waals surface area contributed by atoms with Gasteiger partial charge >= 0.3 is 5.97 Å². The summed E-state index contributed by atoms with van der Waals surface area (Å²) in [6.45, 7) is 2.01. The molecule has 1 aromatic heterocycles. The molecule has 1 aliphatic carbocycles. The molecule has 188 valence electrons. The average molecular weight is 529 g/mol. The molecule has 0 aliphatic heterocycles. The molecule has 0 bridgehead atoms. The van der Waals surface area contributed by atoms with Crippen LogP contribution in [0.3, 0.4) is 0 Å². The Morgan fingerprint density at radius 3 is 2.69 bits per heavy atom. The molecular formula is C25H25ClN4O5S. The van der Waals surface area contributed by atoms with Crippen LogP contribution in [0.1, 0.15) is 42.6 Å². The van der Waals surface area contributed by atoms with Crippen molar-refractivity contribution in [2.45, 2.75) is 43.7 Å². The van der Waals surface area contributed by atoms with Gasteiger partial charge < -0.3 is 9.47 Å². The van der Waals surface area contributed by atoms with Crippen molar-refractivity contribution in [3.63, 3.8) is 0 Å². The molecule has 2 aromatic carbocycles. The molecule has 1 atom stereocenters. The quantitative estimate of drug-likeness (QED) is 0.396. The van der Waals surface area contributed by atoms with Gasteiger partial charge in [0.2, 0.25) is 10.0 Å². The highest BCUT2D eigenvalue weighted by Gasteiger charge is 2.34. The molecule has 0 saturated carbocycles. The fourth-order valence-electron chi connectivity index (χ4n) is 4.22. The second kappa shape index (κ2) is 10.7. The van der Waals surface area contributed by atoms with Crippen molar-refractivity contribution in [1.82, 2.24) is 14.1 Å². The van der Waals surface area contributed by atoms with Gasteiger partial charge in [0.25, 0.3) is 0 Å². The van der Waals surface area contributed by atoms with Crippen molar-refractivity contribution in [2.75, 3.05) is 13.7 Å². The van der Waals surface area contributed by atoms with E-state index in [4.69, 9.17) is 26.3 Å². The van der Waals surface area contributed by atoms with Gasteiger partial charge in [-0.05, 0) is 68.7 Å². The third-order valence-corrected chi connectivity index (χ3v) is 8.20. The highest BCUT2D eigenvalue weighted by atomic mass is 35.5. The normalized spacial score (nSPS) is 15.2. The van der Waals surface area contributed by atoms with Gasteiger partial charge in [0.1, 0.15) is 18.0 Å². The lowest BCUT2D eigenvalue weighted by molar-refractivity contribution is -0.144. The van der Waals surface area contributed by atoms with Gasteiger partial charge in [-0.2, -0.15) is 14.7 Å². The summed E-state index contributed by atoms with van der Waals surface area (Å²) in [4.78, 5) is 12.0. The molecule has 0 spiro atoms. The van der Waals surface area contributed by atoms with Crippen LogP contribution in [0.2, 0.25) is 5.02 Å². The van der Waals surface area contributed by atoms with E-state index in [1.807, 2.05) is 6.07 Å². The van der Waals surface area contributed by atoms with E-state index in [1.54, 1.807) is 42.1 Å². The zero-order valence-electron chi connectivity index (χ0n) is 19.8. The first-order chi connectivity index (χ1) is 17.2. The van der Waals surface area contributed by atoms with E-state index < -0.39 is 16.1 Å². The first-order valence-electron chi connectivity index (χ1n) is 11.4. The van der Waals surface area contributed by atoms with Gasteiger partial charge in [-0.3, -0.25) is 9.48 Å². The van der Waals surface area contributed by atoms with Crippen LogP contribution >= 0.6 is 11.6 Å². The Hall–Kier alpha value is -3.39. The largest absolute Gasteiger partial charge is 0.465 e. The highest BCUT2D eigenvalue weighted by Crippen LogP contribution is 2.38. The Morgan fingerprint density at radius 2 is 2.03 bits per heavy atom. The lowest BCUT2D eigenvalue weighted by Crippen LogP contribution is -2.33. The minimum atomic E-state index is -3.90. The minimum Gasteiger partial charge on any atom is -0.465 e. The van der Waals surface area contributed by atoms with E-state index in [0.717, 1.165) is 17.7 Å². The number of benzene rings is 2. The molecule has 0 radical (unpaired) electrons. The number of halogens is 1. The third kappa shape index (κ3) is 5.23. The summed E-state index contributed by atoms with van der Waals surface area (Å²) in [7, 11) is -2.36. The van der Waals surface area contributed by atoms with Crippen LogP contribution in [0.5, 0.6) is 11.5 Å². The minimum absolute atomic E-state index is 0.0112. The first-order valence-corrected chi connectivity index (χ1v) is 13.2. The summed E-state index contributed by atoms with van der Waals surface area (Å²) < 4.78 is 40.7. The van der Waals surface area contributed by atoms with E-state index in [-0.39, 0.29) is 29.0 Å². The van der Waals surface area contributed by atoms with Crippen LogP contribution in [-0.4, -0.2) is 42.1 Å². The zero-order chi connectivity index (χ0) is 25.9. The summed E-state index contributed by atoms with van der Waals surface area (Å²) in [6, 6.07) is 12.4. The number of hydrogen-bond acceptors (Lipinski definition) is 7. The molecule has 0 saturated heterocycles. The lowest BCUT2D eigenvalue weighted by Gasteiger charge is -2.31. The summed E-state index contributed by atoms with van der Waals surface area (Å²) >= 11 is 6.38. The van der Waals surface area contributed by atoms with E-state index in [0.29, 0.717) is 29.9 Å².